The van der Waals surface area contributed by atoms with E-state index in [1.54, 1.807) is 4.68 Å². The smallest absolute Gasteiger partial charge is 0.271 e. The lowest BCUT2D eigenvalue weighted by atomic mass is 9.98. The van der Waals surface area contributed by atoms with Crippen LogP contribution in [0.25, 0.3) is 0 Å². The molecule has 2 N–H and O–H groups in total. The van der Waals surface area contributed by atoms with Crippen molar-refractivity contribution < 1.29 is 4.79 Å². The molecule has 0 spiro atoms. The Labute approximate surface area is 124 Å². The predicted molar refractivity (Wildman–Crippen MR) is 82.6 cm³/mol. The predicted octanol–water partition coefficient (Wildman–Crippen LogP) is 2.06. The van der Waals surface area contributed by atoms with Crippen LogP contribution in [0.5, 0.6) is 0 Å². The van der Waals surface area contributed by atoms with Crippen LogP contribution in [0.1, 0.15) is 34.1 Å². The van der Waals surface area contributed by atoms with E-state index in [9.17, 15) is 4.79 Å². The van der Waals surface area contributed by atoms with Crippen LogP contribution in [0.3, 0.4) is 0 Å². The molecule has 0 saturated heterocycles. The van der Waals surface area contributed by atoms with Gasteiger partial charge in [0.2, 0.25) is 0 Å². The first kappa shape index (κ1) is 13.7. The Bertz CT molecular complexity index is 643. The molecule has 1 aromatic heterocycles. The third-order valence-electron chi connectivity index (χ3n) is 4.06. The molecule has 0 saturated carbocycles. The second kappa shape index (κ2) is 5.60. The van der Waals surface area contributed by atoms with E-state index in [1.807, 2.05) is 26.1 Å². The number of hydrogen-bond acceptors (Lipinski definition) is 3. The van der Waals surface area contributed by atoms with Gasteiger partial charge >= 0.3 is 0 Å². The zero-order valence-corrected chi connectivity index (χ0v) is 12.4. The van der Waals surface area contributed by atoms with E-state index in [-0.39, 0.29) is 5.91 Å². The average Bonchev–Trinajstić information content (AvgIpc) is 3.04. The van der Waals surface area contributed by atoms with Crippen LogP contribution < -0.4 is 10.6 Å². The summed E-state index contributed by atoms with van der Waals surface area (Å²) in [6, 6.07) is 10.2. The largest absolute Gasteiger partial charge is 0.384 e. The molecule has 2 heterocycles. The molecule has 21 heavy (non-hydrogen) atoms. The summed E-state index contributed by atoms with van der Waals surface area (Å²) in [6.07, 6.45) is 0.932. The van der Waals surface area contributed by atoms with E-state index in [4.69, 9.17) is 0 Å². The van der Waals surface area contributed by atoms with Gasteiger partial charge in [-0.05, 0) is 31.0 Å². The highest BCUT2D eigenvalue weighted by Gasteiger charge is 2.21. The van der Waals surface area contributed by atoms with Gasteiger partial charge < -0.3 is 10.6 Å². The molecule has 1 unspecified atom stereocenters. The fourth-order valence-electron chi connectivity index (χ4n) is 2.74. The maximum atomic E-state index is 12.0. The summed E-state index contributed by atoms with van der Waals surface area (Å²) in [7, 11) is 1.84. The van der Waals surface area contributed by atoms with Gasteiger partial charge in [0.15, 0.2) is 0 Å². The molecule has 0 fully saturated rings. The van der Waals surface area contributed by atoms with Crippen molar-refractivity contribution in [3.8, 4) is 0 Å². The van der Waals surface area contributed by atoms with E-state index in [0.29, 0.717) is 18.2 Å². The van der Waals surface area contributed by atoms with Gasteiger partial charge in [-0.25, -0.2) is 0 Å². The van der Waals surface area contributed by atoms with Crippen LogP contribution in [0.15, 0.2) is 30.3 Å². The molecule has 1 atom stereocenters. The highest BCUT2D eigenvalue weighted by Crippen LogP contribution is 2.32. The van der Waals surface area contributed by atoms with Crippen molar-refractivity contribution in [2.45, 2.75) is 19.3 Å². The van der Waals surface area contributed by atoms with Gasteiger partial charge in [-0.1, -0.05) is 18.2 Å². The Balaban J connectivity index is 1.54. The molecule has 110 valence electrons. The maximum absolute atomic E-state index is 12.0. The minimum atomic E-state index is -0.0991. The van der Waals surface area contributed by atoms with Crippen molar-refractivity contribution in [1.82, 2.24) is 15.1 Å². The van der Waals surface area contributed by atoms with E-state index in [2.05, 4.69) is 33.9 Å². The van der Waals surface area contributed by atoms with Gasteiger partial charge in [-0.15, -0.1) is 0 Å². The monoisotopic (exact) mass is 284 g/mol. The quantitative estimate of drug-likeness (QED) is 0.903. The van der Waals surface area contributed by atoms with Crippen molar-refractivity contribution in [2.24, 2.45) is 7.05 Å². The number of nitrogens with zero attached hydrogens (tertiary/aromatic N) is 2. The van der Waals surface area contributed by atoms with Gasteiger partial charge in [0.05, 0.1) is 0 Å². The van der Waals surface area contributed by atoms with Gasteiger partial charge in [0.1, 0.15) is 5.69 Å². The Morgan fingerprint density at radius 2 is 2.29 bits per heavy atom. The zero-order valence-electron chi connectivity index (χ0n) is 12.4. The van der Waals surface area contributed by atoms with Crippen LogP contribution in [0.4, 0.5) is 5.69 Å². The summed E-state index contributed by atoms with van der Waals surface area (Å²) < 4.78 is 1.71. The summed E-state index contributed by atoms with van der Waals surface area (Å²) >= 11 is 0. The Morgan fingerprint density at radius 1 is 1.48 bits per heavy atom. The Morgan fingerprint density at radius 3 is 3.05 bits per heavy atom. The number of amides is 1. The van der Waals surface area contributed by atoms with Crippen molar-refractivity contribution in [3.63, 3.8) is 0 Å². The molecule has 0 aliphatic carbocycles. The van der Waals surface area contributed by atoms with Crippen LogP contribution >= 0.6 is 0 Å². The number of aryl methyl sites for hydroxylation is 2. The minimum absolute atomic E-state index is 0.0991. The number of benzene rings is 1. The van der Waals surface area contributed by atoms with Crippen molar-refractivity contribution >= 4 is 11.6 Å². The average molecular weight is 284 g/mol. The minimum Gasteiger partial charge on any atom is -0.384 e. The SMILES string of the molecule is Cc1cc(C(=O)NCCC2CNc3ccccc32)nn1C. The molecule has 3 rings (SSSR count). The number of hydrogen-bond donors (Lipinski definition) is 2. The number of carbonyl (C=O) groups excluding carboxylic acids is 1. The topological polar surface area (TPSA) is 59.0 Å². The molecule has 0 bridgehead atoms. The second-order valence-corrected chi connectivity index (χ2v) is 5.50. The summed E-state index contributed by atoms with van der Waals surface area (Å²) in [5, 5.41) is 10.5. The molecule has 1 aliphatic rings. The van der Waals surface area contributed by atoms with Crippen LogP contribution in [0.2, 0.25) is 0 Å². The molecular formula is C16H20N4O. The first-order valence-corrected chi connectivity index (χ1v) is 7.27. The number of nitrogens with one attached hydrogen (secondary N) is 2. The van der Waals surface area contributed by atoms with E-state index < -0.39 is 0 Å². The molecule has 5 heteroatoms. The molecule has 5 nitrogen and oxygen atoms in total. The van der Waals surface area contributed by atoms with Gasteiger partial charge in [-0.3, -0.25) is 9.48 Å². The van der Waals surface area contributed by atoms with E-state index >= 15 is 0 Å². The first-order chi connectivity index (χ1) is 10.1. The number of para-hydroxylation sites is 1. The third-order valence-corrected chi connectivity index (χ3v) is 4.06. The molecule has 2 aromatic rings. The molecule has 1 aromatic carbocycles. The van der Waals surface area contributed by atoms with Crippen molar-refractivity contribution in [2.75, 3.05) is 18.4 Å². The highest BCUT2D eigenvalue weighted by molar-refractivity contribution is 5.92. The Kier molecular flexibility index (Phi) is 3.64. The lowest BCUT2D eigenvalue weighted by Crippen LogP contribution is -2.26. The highest BCUT2D eigenvalue weighted by atomic mass is 16.1. The van der Waals surface area contributed by atoms with Crippen molar-refractivity contribution in [1.29, 1.82) is 0 Å². The summed E-state index contributed by atoms with van der Waals surface area (Å²) in [5.74, 6) is 0.366. The fourth-order valence-corrected chi connectivity index (χ4v) is 2.74. The van der Waals surface area contributed by atoms with Crippen LogP contribution in [-0.2, 0) is 7.05 Å². The second-order valence-electron chi connectivity index (χ2n) is 5.50. The fraction of sp³-hybridized carbons (Fsp3) is 0.375. The third kappa shape index (κ3) is 2.77. The number of fused-ring (bicyclic) bond motifs is 1. The summed E-state index contributed by atoms with van der Waals surface area (Å²) in [5.41, 5.74) is 4.03. The maximum Gasteiger partial charge on any atom is 0.271 e. The van der Waals surface area contributed by atoms with Crippen molar-refractivity contribution in [3.05, 3.63) is 47.3 Å². The van der Waals surface area contributed by atoms with Gasteiger partial charge in [0.25, 0.3) is 5.91 Å². The van der Waals surface area contributed by atoms with Gasteiger partial charge in [-0.2, -0.15) is 5.10 Å². The van der Waals surface area contributed by atoms with Gasteiger partial charge in [0, 0.05) is 37.4 Å². The Hall–Kier alpha value is -2.30. The number of carbonyl (C=O) groups is 1. The molecule has 1 aliphatic heterocycles. The number of anilines is 1. The number of aromatic nitrogens is 2. The standard InChI is InChI=1S/C16H20N4O/c1-11-9-15(19-20(11)2)16(21)17-8-7-12-10-18-14-6-4-3-5-13(12)14/h3-6,9,12,18H,7-8,10H2,1-2H3,(H,17,21). The summed E-state index contributed by atoms with van der Waals surface area (Å²) in [4.78, 5) is 12.0. The number of rotatable bonds is 4. The van der Waals surface area contributed by atoms with Crippen LogP contribution in [-0.4, -0.2) is 28.8 Å². The zero-order chi connectivity index (χ0) is 14.8. The molecule has 0 radical (unpaired) electrons. The van der Waals surface area contributed by atoms with Crippen LogP contribution in [0, 0.1) is 6.92 Å². The normalized spacial score (nSPS) is 16.4. The first-order valence-electron chi connectivity index (χ1n) is 7.27. The molecular weight excluding hydrogens is 264 g/mol. The molecule has 1 amide bonds. The summed E-state index contributed by atoms with van der Waals surface area (Å²) in [6.45, 7) is 3.54. The van der Waals surface area contributed by atoms with E-state index in [0.717, 1.165) is 18.7 Å². The van der Waals surface area contributed by atoms with E-state index in [1.165, 1.54) is 11.3 Å². The lowest BCUT2D eigenvalue weighted by Gasteiger charge is -2.10. The lowest BCUT2D eigenvalue weighted by molar-refractivity contribution is 0.0947.